The number of hydrogen-bond donors (Lipinski definition) is 1. The van der Waals surface area contributed by atoms with Crippen LogP contribution in [0.5, 0.6) is 5.75 Å². The van der Waals surface area contributed by atoms with Crippen molar-refractivity contribution in [2.75, 3.05) is 16.8 Å². The van der Waals surface area contributed by atoms with Gasteiger partial charge in [-0.3, -0.25) is 14.5 Å². The average molecular weight is 372 g/mol. The van der Waals surface area contributed by atoms with Crippen molar-refractivity contribution in [2.45, 2.75) is 13.0 Å². The Morgan fingerprint density at radius 3 is 2.32 bits per heavy atom. The molecule has 2 amide bonds. The molecule has 1 atom stereocenters. The number of amides is 2. The second kappa shape index (κ2) is 7.56. The Morgan fingerprint density at radius 1 is 0.929 bits per heavy atom. The van der Waals surface area contributed by atoms with Gasteiger partial charge in [-0.15, -0.1) is 0 Å². The van der Waals surface area contributed by atoms with Crippen molar-refractivity contribution in [3.8, 4) is 16.9 Å². The molecule has 1 N–H and O–H groups in total. The molecule has 1 aliphatic rings. The first-order valence-electron chi connectivity index (χ1n) is 9.14. The second-order valence-electron chi connectivity index (χ2n) is 6.64. The summed E-state index contributed by atoms with van der Waals surface area (Å²) in [7, 11) is 0. The van der Waals surface area contributed by atoms with Crippen LogP contribution in [-0.4, -0.2) is 24.5 Å². The number of benzene rings is 3. The molecule has 28 heavy (non-hydrogen) atoms. The number of hydrogen-bond acceptors (Lipinski definition) is 3. The molecule has 5 nitrogen and oxygen atoms in total. The molecule has 0 saturated heterocycles. The third kappa shape index (κ3) is 3.60. The van der Waals surface area contributed by atoms with Crippen molar-refractivity contribution < 1.29 is 14.3 Å². The normalized spacial score (nSPS) is 14.0. The number of nitrogens with one attached hydrogen (secondary N) is 1. The molecule has 5 heteroatoms. The highest BCUT2D eigenvalue weighted by Crippen LogP contribution is 2.30. The van der Waals surface area contributed by atoms with Crippen LogP contribution in [0.2, 0.25) is 0 Å². The van der Waals surface area contributed by atoms with Crippen LogP contribution in [0.15, 0.2) is 78.9 Å². The molecule has 0 fully saturated rings. The van der Waals surface area contributed by atoms with Crippen molar-refractivity contribution in [2.24, 2.45) is 0 Å². The summed E-state index contributed by atoms with van der Waals surface area (Å²) in [6, 6.07) is 24.9. The van der Waals surface area contributed by atoms with E-state index in [1.807, 2.05) is 72.8 Å². The van der Waals surface area contributed by atoms with Crippen molar-refractivity contribution in [1.82, 2.24) is 0 Å². The molecule has 3 aromatic carbocycles. The monoisotopic (exact) mass is 372 g/mol. The number of rotatable bonds is 4. The van der Waals surface area contributed by atoms with Crippen molar-refractivity contribution in [3.63, 3.8) is 0 Å². The minimum Gasteiger partial charge on any atom is -0.481 e. The van der Waals surface area contributed by atoms with Gasteiger partial charge in [0, 0.05) is 0 Å². The fraction of sp³-hybridized carbons (Fsp3) is 0.130. The molecule has 0 bridgehead atoms. The number of carbonyl (C=O) groups is 2. The van der Waals surface area contributed by atoms with E-state index in [1.54, 1.807) is 13.0 Å². The van der Waals surface area contributed by atoms with Gasteiger partial charge in [-0.2, -0.15) is 0 Å². The smallest absolute Gasteiger partial charge is 0.268 e. The summed E-state index contributed by atoms with van der Waals surface area (Å²) in [4.78, 5) is 26.3. The first kappa shape index (κ1) is 17.8. The zero-order chi connectivity index (χ0) is 19.5. The lowest BCUT2D eigenvalue weighted by Gasteiger charge is -2.31. The number of fused-ring (bicyclic) bond motifs is 1. The average Bonchev–Trinajstić information content (AvgIpc) is 2.73. The summed E-state index contributed by atoms with van der Waals surface area (Å²) < 4.78 is 5.85. The van der Waals surface area contributed by atoms with Gasteiger partial charge in [0.25, 0.3) is 5.91 Å². The SMILES string of the molecule is CC(Oc1ccc(-c2ccccc2)cc1)C(=O)N1CC(=O)Nc2ccccc21. The van der Waals surface area contributed by atoms with Crippen LogP contribution in [0.4, 0.5) is 11.4 Å². The van der Waals surface area contributed by atoms with Gasteiger partial charge < -0.3 is 10.1 Å². The molecular weight excluding hydrogens is 352 g/mol. The standard InChI is InChI=1S/C23H20N2O3/c1-16(23(27)25-15-22(26)24-20-9-5-6-10-21(20)25)28-19-13-11-18(12-14-19)17-7-3-2-4-8-17/h2-14,16H,15H2,1H3,(H,24,26). The minimum atomic E-state index is -0.721. The molecule has 3 aromatic rings. The zero-order valence-electron chi connectivity index (χ0n) is 15.5. The topological polar surface area (TPSA) is 58.6 Å². The van der Waals surface area contributed by atoms with Gasteiger partial charge >= 0.3 is 0 Å². The Morgan fingerprint density at radius 2 is 1.57 bits per heavy atom. The predicted molar refractivity (Wildman–Crippen MR) is 109 cm³/mol. The fourth-order valence-electron chi connectivity index (χ4n) is 3.26. The summed E-state index contributed by atoms with van der Waals surface area (Å²) >= 11 is 0. The van der Waals surface area contributed by atoms with Crippen LogP contribution in [0.25, 0.3) is 11.1 Å². The van der Waals surface area contributed by atoms with E-state index in [0.717, 1.165) is 11.1 Å². The Labute approximate surface area is 163 Å². The lowest BCUT2D eigenvalue weighted by atomic mass is 10.1. The largest absolute Gasteiger partial charge is 0.481 e. The third-order valence-corrected chi connectivity index (χ3v) is 4.66. The Bertz CT molecular complexity index is 1000. The van der Waals surface area contributed by atoms with E-state index in [1.165, 1.54) is 4.90 Å². The zero-order valence-corrected chi connectivity index (χ0v) is 15.5. The van der Waals surface area contributed by atoms with Gasteiger partial charge in [0.15, 0.2) is 6.10 Å². The third-order valence-electron chi connectivity index (χ3n) is 4.66. The Kier molecular flexibility index (Phi) is 4.81. The van der Waals surface area contributed by atoms with E-state index in [-0.39, 0.29) is 18.4 Å². The number of para-hydroxylation sites is 2. The molecule has 0 saturated carbocycles. The highest BCUT2D eigenvalue weighted by molar-refractivity contribution is 6.10. The Balaban J connectivity index is 1.49. The molecule has 1 heterocycles. The van der Waals surface area contributed by atoms with Gasteiger partial charge in [-0.25, -0.2) is 0 Å². The van der Waals surface area contributed by atoms with E-state index < -0.39 is 6.10 Å². The summed E-state index contributed by atoms with van der Waals surface area (Å²) in [5.74, 6) is 0.135. The molecule has 140 valence electrons. The fourth-order valence-corrected chi connectivity index (χ4v) is 3.26. The first-order valence-corrected chi connectivity index (χ1v) is 9.14. The quantitative estimate of drug-likeness (QED) is 0.750. The van der Waals surface area contributed by atoms with Crippen LogP contribution in [0, 0.1) is 0 Å². The summed E-state index contributed by atoms with van der Waals surface area (Å²) in [5, 5.41) is 2.78. The molecule has 4 rings (SSSR count). The van der Waals surface area contributed by atoms with Gasteiger partial charge in [-0.1, -0.05) is 54.6 Å². The maximum atomic E-state index is 12.9. The molecule has 0 aliphatic carbocycles. The van der Waals surface area contributed by atoms with E-state index >= 15 is 0 Å². The summed E-state index contributed by atoms with van der Waals surface area (Å²) in [6.07, 6.45) is -0.721. The van der Waals surface area contributed by atoms with Crippen molar-refractivity contribution in [3.05, 3.63) is 78.9 Å². The molecule has 0 spiro atoms. The van der Waals surface area contributed by atoms with Crippen LogP contribution in [0.1, 0.15) is 6.92 Å². The van der Waals surface area contributed by atoms with Crippen LogP contribution in [0.3, 0.4) is 0 Å². The van der Waals surface area contributed by atoms with Gasteiger partial charge in [0.1, 0.15) is 12.3 Å². The van der Waals surface area contributed by atoms with Gasteiger partial charge in [-0.05, 0) is 42.3 Å². The number of anilines is 2. The van der Waals surface area contributed by atoms with E-state index in [0.29, 0.717) is 17.1 Å². The van der Waals surface area contributed by atoms with Crippen molar-refractivity contribution >= 4 is 23.2 Å². The number of carbonyl (C=O) groups excluding carboxylic acids is 2. The molecule has 1 unspecified atom stereocenters. The highest BCUT2D eigenvalue weighted by Gasteiger charge is 2.30. The molecular formula is C23H20N2O3. The maximum Gasteiger partial charge on any atom is 0.268 e. The van der Waals surface area contributed by atoms with E-state index in [2.05, 4.69) is 5.32 Å². The highest BCUT2D eigenvalue weighted by atomic mass is 16.5. The van der Waals surface area contributed by atoms with Crippen LogP contribution >= 0.6 is 0 Å². The van der Waals surface area contributed by atoms with Crippen LogP contribution < -0.4 is 15.0 Å². The first-order chi connectivity index (χ1) is 13.6. The predicted octanol–water partition coefficient (Wildman–Crippen LogP) is 4.11. The van der Waals surface area contributed by atoms with E-state index in [4.69, 9.17) is 4.74 Å². The number of nitrogens with zero attached hydrogens (tertiary/aromatic N) is 1. The lowest BCUT2D eigenvalue weighted by Crippen LogP contribution is -2.47. The number of ether oxygens (including phenoxy) is 1. The summed E-state index contributed by atoms with van der Waals surface area (Å²) in [6.45, 7) is 1.68. The lowest BCUT2D eigenvalue weighted by molar-refractivity contribution is -0.126. The van der Waals surface area contributed by atoms with Gasteiger partial charge in [0.05, 0.1) is 11.4 Å². The maximum absolute atomic E-state index is 12.9. The second-order valence-corrected chi connectivity index (χ2v) is 6.64. The Hall–Kier alpha value is -3.60. The summed E-state index contributed by atoms with van der Waals surface area (Å²) in [5.41, 5.74) is 3.51. The van der Waals surface area contributed by atoms with Crippen molar-refractivity contribution in [1.29, 1.82) is 0 Å². The van der Waals surface area contributed by atoms with E-state index in [9.17, 15) is 9.59 Å². The molecule has 0 radical (unpaired) electrons. The molecule has 0 aromatic heterocycles. The minimum absolute atomic E-state index is 0.0174. The van der Waals surface area contributed by atoms with Crippen LogP contribution in [-0.2, 0) is 9.59 Å². The molecule has 1 aliphatic heterocycles. The van der Waals surface area contributed by atoms with Gasteiger partial charge in [0.2, 0.25) is 5.91 Å².